The van der Waals surface area contributed by atoms with Gasteiger partial charge in [0.15, 0.2) is 5.96 Å². The Morgan fingerprint density at radius 2 is 2.19 bits per heavy atom. The zero-order chi connectivity index (χ0) is 14.6. The van der Waals surface area contributed by atoms with Gasteiger partial charge in [-0.3, -0.25) is 4.99 Å². The fourth-order valence-electron chi connectivity index (χ4n) is 1.71. The number of aromatic nitrogens is 1. The molecule has 0 saturated heterocycles. The van der Waals surface area contributed by atoms with E-state index in [-0.39, 0.29) is 24.0 Å². The molecule has 0 saturated carbocycles. The quantitative estimate of drug-likeness (QED) is 0.267. The molecule has 4 nitrogen and oxygen atoms in total. The summed E-state index contributed by atoms with van der Waals surface area (Å²) in [7, 11) is 0. The molecule has 0 amide bonds. The molecule has 0 fully saturated rings. The van der Waals surface area contributed by atoms with Gasteiger partial charge in [0.05, 0.1) is 5.01 Å². The lowest BCUT2D eigenvalue weighted by atomic mass is 10.2. The second kappa shape index (κ2) is 13.6. The van der Waals surface area contributed by atoms with Crippen molar-refractivity contribution < 1.29 is 0 Å². The number of thiazole rings is 1. The maximum atomic E-state index is 4.59. The third kappa shape index (κ3) is 10.4. The van der Waals surface area contributed by atoms with E-state index in [2.05, 4.69) is 39.2 Å². The normalized spacial score (nSPS) is 11.1. The van der Waals surface area contributed by atoms with Crippen molar-refractivity contribution in [2.75, 3.05) is 31.6 Å². The van der Waals surface area contributed by atoms with Crippen LogP contribution in [0.4, 0.5) is 0 Å². The Kier molecular flexibility index (Phi) is 13.6. The average Bonchev–Trinajstić information content (AvgIpc) is 2.84. The average molecular weight is 442 g/mol. The van der Waals surface area contributed by atoms with E-state index in [1.165, 1.54) is 5.01 Å². The molecule has 0 aliphatic carbocycles. The standard InChI is InChI=1S/C14H26N4S2.HI/c1-4-15-14(17-9-10-19-3)16-8-6-5-7-13-18-12(2)11-20-13;/h11H,4-10H2,1-3H3,(H2,15,16,17);1H. The second-order valence-electron chi connectivity index (χ2n) is 4.52. The summed E-state index contributed by atoms with van der Waals surface area (Å²) in [4.78, 5) is 9.07. The van der Waals surface area contributed by atoms with Crippen molar-refractivity contribution >= 4 is 53.0 Å². The Hall–Kier alpha value is -0.0200. The van der Waals surface area contributed by atoms with Crippen LogP contribution in [0.25, 0.3) is 0 Å². The molecule has 0 aromatic carbocycles. The Morgan fingerprint density at radius 3 is 2.81 bits per heavy atom. The zero-order valence-electron chi connectivity index (χ0n) is 13.1. The lowest BCUT2D eigenvalue weighted by molar-refractivity contribution is 0.731. The number of rotatable bonds is 9. The molecular weight excluding hydrogens is 415 g/mol. The highest BCUT2D eigenvalue weighted by molar-refractivity contribution is 14.0. The minimum Gasteiger partial charge on any atom is -0.357 e. The van der Waals surface area contributed by atoms with Crippen LogP contribution < -0.4 is 10.6 Å². The largest absolute Gasteiger partial charge is 0.357 e. The van der Waals surface area contributed by atoms with E-state index >= 15 is 0 Å². The van der Waals surface area contributed by atoms with Crippen LogP contribution in [-0.2, 0) is 6.42 Å². The first kappa shape index (κ1) is 21.0. The van der Waals surface area contributed by atoms with Gasteiger partial charge in [0.25, 0.3) is 0 Å². The van der Waals surface area contributed by atoms with Crippen LogP contribution >= 0.6 is 47.1 Å². The summed E-state index contributed by atoms with van der Waals surface area (Å²) < 4.78 is 0. The van der Waals surface area contributed by atoms with Gasteiger partial charge in [0, 0.05) is 36.5 Å². The van der Waals surface area contributed by atoms with Gasteiger partial charge in [-0.2, -0.15) is 11.8 Å². The number of unbranched alkanes of at least 4 members (excludes halogenated alkanes) is 1. The van der Waals surface area contributed by atoms with Crippen molar-refractivity contribution in [2.45, 2.75) is 33.1 Å². The highest BCUT2D eigenvalue weighted by Crippen LogP contribution is 2.11. The molecule has 1 heterocycles. The molecule has 0 radical (unpaired) electrons. The van der Waals surface area contributed by atoms with Crippen molar-refractivity contribution in [3.05, 3.63) is 16.1 Å². The number of nitrogens with one attached hydrogen (secondary N) is 2. The number of aliphatic imine (C=N–C) groups is 1. The summed E-state index contributed by atoms with van der Waals surface area (Å²) in [6, 6.07) is 0. The van der Waals surface area contributed by atoms with Gasteiger partial charge in [-0.1, -0.05) is 0 Å². The van der Waals surface area contributed by atoms with E-state index in [0.29, 0.717) is 0 Å². The van der Waals surface area contributed by atoms with Crippen molar-refractivity contribution in [3.63, 3.8) is 0 Å². The summed E-state index contributed by atoms with van der Waals surface area (Å²) in [6.45, 7) is 6.89. The first-order chi connectivity index (χ1) is 9.76. The van der Waals surface area contributed by atoms with Crippen molar-refractivity contribution in [1.82, 2.24) is 15.6 Å². The van der Waals surface area contributed by atoms with Crippen LogP contribution in [0.5, 0.6) is 0 Å². The fraction of sp³-hybridized carbons (Fsp3) is 0.714. The molecule has 0 bridgehead atoms. The lowest BCUT2D eigenvalue weighted by Crippen LogP contribution is -2.38. The van der Waals surface area contributed by atoms with Crippen LogP contribution in [0.15, 0.2) is 10.4 Å². The Bertz CT molecular complexity index is 396. The van der Waals surface area contributed by atoms with Gasteiger partial charge >= 0.3 is 0 Å². The van der Waals surface area contributed by atoms with Crippen LogP contribution in [0.3, 0.4) is 0 Å². The third-order valence-electron chi connectivity index (χ3n) is 2.68. The lowest BCUT2D eigenvalue weighted by Gasteiger charge is -2.10. The highest BCUT2D eigenvalue weighted by Gasteiger charge is 1.99. The van der Waals surface area contributed by atoms with Crippen molar-refractivity contribution in [1.29, 1.82) is 0 Å². The first-order valence-electron chi connectivity index (χ1n) is 7.18. The molecule has 1 rings (SSSR count). The summed E-state index contributed by atoms with van der Waals surface area (Å²) in [5.41, 5.74) is 1.13. The van der Waals surface area contributed by atoms with Gasteiger partial charge in [-0.15, -0.1) is 35.3 Å². The van der Waals surface area contributed by atoms with Gasteiger partial charge in [0.1, 0.15) is 0 Å². The van der Waals surface area contributed by atoms with E-state index in [1.807, 2.05) is 18.7 Å². The predicted octanol–water partition coefficient (Wildman–Crippen LogP) is 3.31. The molecule has 21 heavy (non-hydrogen) atoms. The Balaban J connectivity index is 0.00000400. The molecule has 0 aliphatic heterocycles. The van der Waals surface area contributed by atoms with Crippen LogP contribution in [0, 0.1) is 6.92 Å². The topological polar surface area (TPSA) is 49.3 Å². The zero-order valence-corrected chi connectivity index (χ0v) is 17.1. The Labute approximate surface area is 154 Å². The van der Waals surface area contributed by atoms with Crippen LogP contribution in [-0.4, -0.2) is 42.6 Å². The minimum absolute atomic E-state index is 0. The van der Waals surface area contributed by atoms with Gasteiger partial charge in [-0.25, -0.2) is 4.98 Å². The fourth-order valence-corrected chi connectivity index (χ4v) is 2.83. The molecule has 0 aliphatic rings. The highest BCUT2D eigenvalue weighted by atomic mass is 127. The van der Waals surface area contributed by atoms with Crippen LogP contribution in [0.2, 0.25) is 0 Å². The number of aryl methyl sites for hydroxylation is 2. The molecule has 0 atom stereocenters. The maximum Gasteiger partial charge on any atom is 0.191 e. The summed E-state index contributed by atoms with van der Waals surface area (Å²) in [5, 5.41) is 9.98. The third-order valence-corrected chi connectivity index (χ3v) is 4.32. The number of hydrogen-bond acceptors (Lipinski definition) is 4. The first-order valence-corrected chi connectivity index (χ1v) is 9.45. The number of guanidine groups is 1. The van der Waals surface area contributed by atoms with Crippen molar-refractivity contribution in [3.8, 4) is 0 Å². The van der Waals surface area contributed by atoms with Crippen LogP contribution in [0.1, 0.15) is 30.5 Å². The monoisotopic (exact) mass is 442 g/mol. The molecule has 1 aromatic rings. The molecule has 0 unspecified atom stereocenters. The molecule has 122 valence electrons. The number of hydrogen-bond donors (Lipinski definition) is 2. The summed E-state index contributed by atoms with van der Waals surface area (Å²) in [5.74, 6) is 2.04. The predicted molar refractivity (Wildman–Crippen MR) is 108 cm³/mol. The molecule has 0 spiro atoms. The Morgan fingerprint density at radius 1 is 1.38 bits per heavy atom. The smallest absolute Gasteiger partial charge is 0.191 e. The van der Waals surface area contributed by atoms with E-state index in [4.69, 9.17) is 0 Å². The van der Waals surface area contributed by atoms with Gasteiger partial charge in [-0.05, 0) is 39.4 Å². The van der Waals surface area contributed by atoms with Crippen molar-refractivity contribution in [2.24, 2.45) is 4.99 Å². The van der Waals surface area contributed by atoms with Gasteiger partial charge in [0.2, 0.25) is 0 Å². The van der Waals surface area contributed by atoms with E-state index < -0.39 is 0 Å². The number of nitrogens with zero attached hydrogens (tertiary/aromatic N) is 2. The molecular formula is C14H27IN4S2. The SMILES string of the molecule is CCNC(=NCCCCc1nc(C)cs1)NCCSC.I. The second-order valence-corrected chi connectivity index (χ2v) is 6.45. The number of halogens is 1. The van der Waals surface area contributed by atoms with Gasteiger partial charge < -0.3 is 10.6 Å². The summed E-state index contributed by atoms with van der Waals surface area (Å²) >= 11 is 3.60. The maximum absolute atomic E-state index is 4.59. The molecule has 1 aromatic heterocycles. The molecule has 7 heteroatoms. The minimum atomic E-state index is 0. The van der Waals surface area contributed by atoms with E-state index in [0.717, 1.165) is 56.3 Å². The summed E-state index contributed by atoms with van der Waals surface area (Å²) in [6.07, 6.45) is 5.45. The van der Waals surface area contributed by atoms with E-state index in [1.54, 1.807) is 11.3 Å². The molecule has 2 N–H and O–H groups in total. The van der Waals surface area contributed by atoms with E-state index in [9.17, 15) is 0 Å². The number of thioether (sulfide) groups is 1.